The van der Waals surface area contributed by atoms with Crippen LogP contribution in [0.1, 0.15) is 37.2 Å². The lowest BCUT2D eigenvalue weighted by molar-refractivity contribution is 0.0698. The molecule has 0 saturated carbocycles. The summed E-state index contributed by atoms with van der Waals surface area (Å²) in [4.78, 5) is 14.9. The summed E-state index contributed by atoms with van der Waals surface area (Å²) in [6.07, 6.45) is 2.53. The average Bonchev–Trinajstić information content (AvgIpc) is 2.62. The highest BCUT2D eigenvalue weighted by atomic mass is 16.5. The first-order chi connectivity index (χ1) is 7.57. The van der Waals surface area contributed by atoms with Crippen LogP contribution >= 0.6 is 0 Å². The summed E-state index contributed by atoms with van der Waals surface area (Å²) in [7, 11) is 0. The van der Waals surface area contributed by atoms with Crippen molar-refractivity contribution in [2.45, 2.75) is 26.8 Å². The minimum Gasteiger partial charge on any atom is -0.483 e. The molecule has 6 nitrogen and oxygen atoms in total. The van der Waals surface area contributed by atoms with Gasteiger partial charge in [0.25, 0.3) is 0 Å². The SMILES string of the molecule is CCO/C=N/c1c(C(=O)O)cnn1C(C)C. The molecule has 0 atom stereocenters. The number of ether oxygens (including phenoxy) is 1. The number of nitrogens with zero attached hydrogens (tertiary/aromatic N) is 3. The Morgan fingerprint density at radius 3 is 2.94 bits per heavy atom. The van der Waals surface area contributed by atoms with Gasteiger partial charge < -0.3 is 9.84 Å². The maximum Gasteiger partial charge on any atom is 0.341 e. The van der Waals surface area contributed by atoms with E-state index in [-0.39, 0.29) is 11.6 Å². The van der Waals surface area contributed by atoms with Crippen molar-refractivity contribution in [3.8, 4) is 0 Å². The van der Waals surface area contributed by atoms with E-state index < -0.39 is 5.97 Å². The normalized spacial score (nSPS) is 11.2. The van der Waals surface area contributed by atoms with Crippen molar-refractivity contribution in [2.75, 3.05) is 6.61 Å². The van der Waals surface area contributed by atoms with Crippen molar-refractivity contribution >= 4 is 18.2 Å². The highest BCUT2D eigenvalue weighted by molar-refractivity contribution is 5.92. The fourth-order valence-electron chi connectivity index (χ4n) is 1.17. The van der Waals surface area contributed by atoms with Gasteiger partial charge in [-0.1, -0.05) is 0 Å². The zero-order valence-electron chi connectivity index (χ0n) is 9.54. The van der Waals surface area contributed by atoms with E-state index >= 15 is 0 Å². The molecular formula is C10H15N3O3. The van der Waals surface area contributed by atoms with Gasteiger partial charge in [-0.2, -0.15) is 5.10 Å². The Hall–Kier alpha value is -1.85. The van der Waals surface area contributed by atoms with Gasteiger partial charge in [0.1, 0.15) is 5.56 Å². The fraction of sp³-hybridized carbons (Fsp3) is 0.500. The van der Waals surface area contributed by atoms with Crippen LogP contribution in [-0.2, 0) is 4.74 Å². The molecule has 0 aliphatic carbocycles. The van der Waals surface area contributed by atoms with E-state index in [1.807, 2.05) is 20.8 Å². The topological polar surface area (TPSA) is 76.7 Å². The second kappa shape index (κ2) is 5.29. The van der Waals surface area contributed by atoms with Crippen LogP contribution in [-0.4, -0.2) is 33.9 Å². The molecule has 88 valence electrons. The first kappa shape index (κ1) is 12.2. The van der Waals surface area contributed by atoms with Gasteiger partial charge in [0.2, 0.25) is 0 Å². The number of carboxylic acid groups (broad SMARTS) is 1. The Kier molecular flexibility index (Phi) is 4.04. The molecule has 1 heterocycles. The molecule has 0 fully saturated rings. The number of rotatable bonds is 5. The molecule has 0 aromatic carbocycles. The van der Waals surface area contributed by atoms with Crippen LogP contribution in [0.4, 0.5) is 5.82 Å². The van der Waals surface area contributed by atoms with Crippen LogP contribution in [0, 0.1) is 0 Å². The summed E-state index contributed by atoms with van der Waals surface area (Å²) in [5, 5.41) is 12.9. The van der Waals surface area contributed by atoms with Crippen LogP contribution in [0.2, 0.25) is 0 Å². The first-order valence-electron chi connectivity index (χ1n) is 5.02. The lowest BCUT2D eigenvalue weighted by Crippen LogP contribution is -2.03. The molecule has 0 amide bonds. The molecular weight excluding hydrogens is 210 g/mol. The van der Waals surface area contributed by atoms with Crippen molar-refractivity contribution in [1.82, 2.24) is 9.78 Å². The molecule has 0 aliphatic rings. The summed E-state index contributed by atoms with van der Waals surface area (Å²) < 4.78 is 6.49. The summed E-state index contributed by atoms with van der Waals surface area (Å²) in [6, 6.07) is 0.0434. The highest BCUT2D eigenvalue weighted by Crippen LogP contribution is 2.22. The monoisotopic (exact) mass is 225 g/mol. The standard InChI is InChI=1S/C10H15N3O3/c1-4-16-6-11-9-8(10(14)15)5-12-13(9)7(2)3/h5-7H,4H2,1-3H3,(H,14,15)/b11-6+. The van der Waals surface area contributed by atoms with Gasteiger partial charge in [-0.05, 0) is 20.8 Å². The Bertz CT molecular complexity index is 396. The van der Waals surface area contributed by atoms with Gasteiger partial charge in [0.05, 0.1) is 12.8 Å². The van der Waals surface area contributed by atoms with Crippen LogP contribution < -0.4 is 0 Å². The van der Waals surface area contributed by atoms with Crippen molar-refractivity contribution in [3.05, 3.63) is 11.8 Å². The van der Waals surface area contributed by atoms with Crippen molar-refractivity contribution in [1.29, 1.82) is 0 Å². The van der Waals surface area contributed by atoms with E-state index in [1.165, 1.54) is 12.6 Å². The Morgan fingerprint density at radius 2 is 2.44 bits per heavy atom. The largest absolute Gasteiger partial charge is 0.483 e. The van der Waals surface area contributed by atoms with Gasteiger partial charge >= 0.3 is 5.97 Å². The summed E-state index contributed by atoms with van der Waals surface area (Å²) in [5.74, 6) is -0.744. The molecule has 0 radical (unpaired) electrons. The first-order valence-corrected chi connectivity index (χ1v) is 5.02. The molecule has 1 N–H and O–H groups in total. The van der Waals surface area contributed by atoms with E-state index in [0.717, 1.165) is 0 Å². The predicted octanol–water partition coefficient (Wildman–Crippen LogP) is 1.86. The molecule has 1 aromatic rings. The second-order valence-corrected chi connectivity index (χ2v) is 3.42. The Morgan fingerprint density at radius 1 is 1.75 bits per heavy atom. The molecule has 6 heteroatoms. The molecule has 0 saturated heterocycles. The summed E-state index contributed by atoms with van der Waals surface area (Å²) in [5.41, 5.74) is 0.0738. The second-order valence-electron chi connectivity index (χ2n) is 3.42. The lowest BCUT2D eigenvalue weighted by atomic mass is 10.3. The van der Waals surface area contributed by atoms with E-state index in [9.17, 15) is 4.79 Å². The number of aromatic nitrogens is 2. The number of hydrogen-bond donors (Lipinski definition) is 1. The third-order valence-electron chi connectivity index (χ3n) is 1.90. The quantitative estimate of drug-likeness (QED) is 0.613. The summed E-state index contributed by atoms with van der Waals surface area (Å²) >= 11 is 0. The Balaban J connectivity index is 3.09. The van der Waals surface area contributed by atoms with Gasteiger partial charge in [0.15, 0.2) is 12.2 Å². The number of carbonyl (C=O) groups is 1. The Labute approximate surface area is 93.6 Å². The molecule has 16 heavy (non-hydrogen) atoms. The molecule has 1 rings (SSSR count). The van der Waals surface area contributed by atoms with E-state index in [2.05, 4.69) is 10.1 Å². The third-order valence-corrected chi connectivity index (χ3v) is 1.90. The molecule has 0 spiro atoms. The van der Waals surface area contributed by atoms with Crippen molar-refractivity contribution < 1.29 is 14.6 Å². The maximum absolute atomic E-state index is 10.9. The lowest BCUT2D eigenvalue weighted by Gasteiger charge is -2.07. The van der Waals surface area contributed by atoms with Gasteiger partial charge in [-0.25, -0.2) is 14.5 Å². The minimum atomic E-state index is -1.05. The fourth-order valence-corrected chi connectivity index (χ4v) is 1.17. The van der Waals surface area contributed by atoms with Crippen molar-refractivity contribution in [3.63, 3.8) is 0 Å². The van der Waals surface area contributed by atoms with E-state index in [1.54, 1.807) is 4.68 Å². The number of carboxylic acids is 1. The zero-order chi connectivity index (χ0) is 12.1. The molecule has 1 aromatic heterocycles. The third kappa shape index (κ3) is 2.59. The van der Waals surface area contributed by atoms with Crippen molar-refractivity contribution in [2.24, 2.45) is 4.99 Å². The number of aliphatic imine (C=N–C) groups is 1. The number of hydrogen-bond acceptors (Lipinski definition) is 4. The molecule has 0 aliphatic heterocycles. The minimum absolute atomic E-state index is 0.0434. The average molecular weight is 225 g/mol. The van der Waals surface area contributed by atoms with Gasteiger partial charge in [-0.15, -0.1) is 0 Å². The molecule has 0 bridgehead atoms. The smallest absolute Gasteiger partial charge is 0.341 e. The predicted molar refractivity (Wildman–Crippen MR) is 59.3 cm³/mol. The molecule has 0 unspecified atom stereocenters. The van der Waals surface area contributed by atoms with Gasteiger partial charge in [0, 0.05) is 6.04 Å². The van der Waals surface area contributed by atoms with E-state index in [0.29, 0.717) is 12.4 Å². The van der Waals surface area contributed by atoms with Crippen LogP contribution in [0.3, 0.4) is 0 Å². The maximum atomic E-state index is 10.9. The zero-order valence-corrected chi connectivity index (χ0v) is 9.54. The van der Waals surface area contributed by atoms with E-state index in [4.69, 9.17) is 9.84 Å². The summed E-state index contributed by atoms with van der Waals surface area (Å²) in [6.45, 7) is 6.11. The number of aromatic carboxylic acids is 1. The van der Waals surface area contributed by atoms with Gasteiger partial charge in [-0.3, -0.25) is 0 Å². The van der Waals surface area contributed by atoms with Crippen LogP contribution in [0.5, 0.6) is 0 Å². The van der Waals surface area contributed by atoms with Crippen LogP contribution in [0.25, 0.3) is 0 Å². The highest BCUT2D eigenvalue weighted by Gasteiger charge is 2.17. The van der Waals surface area contributed by atoms with Crippen LogP contribution in [0.15, 0.2) is 11.2 Å².